The average molecular weight is 181 g/mol. The van der Waals surface area contributed by atoms with Gasteiger partial charge in [-0.25, -0.2) is 0 Å². The first-order chi connectivity index (χ1) is 6.04. The maximum absolute atomic E-state index is 9.69. The van der Waals surface area contributed by atoms with Gasteiger partial charge in [0.1, 0.15) is 5.75 Å². The molecule has 0 unspecified atom stereocenters. The fourth-order valence-corrected chi connectivity index (χ4v) is 0.999. The van der Waals surface area contributed by atoms with E-state index >= 15 is 0 Å². The minimum Gasteiger partial charge on any atom is -0.492 e. The van der Waals surface area contributed by atoms with Crippen LogP contribution in [-0.4, -0.2) is 16.7 Å². The molecule has 0 aliphatic rings. The fourth-order valence-electron chi connectivity index (χ4n) is 0.999. The van der Waals surface area contributed by atoms with Gasteiger partial charge in [-0.15, -0.1) is 0 Å². The number of hydrogen-bond acceptors (Lipinski definition) is 3. The summed E-state index contributed by atoms with van der Waals surface area (Å²) >= 11 is 0. The van der Waals surface area contributed by atoms with Gasteiger partial charge >= 0.3 is 0 Å². The Hall–Kier alpha value is -1.09. The Labute approximate surface area is 78.4 Å². The summed E-state index contributed by atoms with van der Waals surface area (Å²) in [5, 5.41) is 9.69. The SMILES string of the molecule is CCOc1cncc(C(C)(C)O)c1. The second-order valence-electron chi connectivity index (χ2n) is 3.40. The first-order valence-electron chi connectivity index (χ1n) is 4.34. The Morgan fingerprint density at radius 1 is 1.46 bits per heavy atom. The van der Waals surface area contributed by atoms with Crippen LogP contribution in [0.15, 0.2) is 18.5 Å². The Morgan fingerprint density at radius 2 is 2.15 bits per heavy atom. The van der Waals surface area contributed by atoms with E-state index in [4.69, 9.17) is 4.74 Å². The molecule has 0 aromatic carbocycles. The monoisotopic (exact) mass is 181 g/mol. The van der Waals surface area contributed by atoms with Gasteiger partial charge in [0.05, 0.1) is 18.4 Å². The zero-order valence-corrected chi connectivity index (χ0v) is 8.24. The van der Waals surface area contributed by atoms with E-state index in [2.05, 4.69) is 4.98 Å². The quantitative estimate of drug-likeness (QED) is 0.771. The molecular weight excluding hydrogens is 166 g/mol. The summed E-state index contributed by atoms with van der Waals surface area (Å²) in [4.78, 5) is 3.98. The summed E-state index contributed by atoms with van der Waals surface area (Å²) < 4.78 is 5.27. The van der Waals surface area contributed by atoms with Crippen molar-refractivity contribution in [3.63, 3.8) is 0 Å². The van der Waals surface area contributed by atoms with Crippen molar-refractivity contribution >= 4 is 0 Å². The number of aliphatic hydroxyl groups is 1. The molecular formula is C10H15NO2. The van der Waals surface area contributed by atoms with Crippen LogP contribution in [0, 0.1) is 0 Å². The van der Waals surface area contributed by atoms with Gasteiger partial charge in [0.2, 0.25) is 0 Å². The molecule has 1 rings (SSSR count). The standard InChI is InChI=1S/C10H15NO2/c1-4-13-9-5-8(6-11-7-9)10(2,3)12/h5-7,12H,4H2,1-3H3. The number of rotatable bonds is 3. The summed E-state index contributed by atoms with van der Waals surface area (Å²) in [6.45, 7) is 5.97. The predicted octanol–water partition coefficient (Wildman–Crippen LogP) is 1.71. The lowest BCUT2D eigenvalue weighted by Crippen LogP contribution is -2.15. The molecule has 13 heavy (non-hydrogen) atoms. The van der Waals surface area contributed by atoms with Crippen LogP contribution in [0.4, 0.5) is 0 Å². The maximum Gasteiger partial charge on any atom is 0.137 e. The third-order valence-electron chi connectivity index (χ3n) is 1.73. The van der Waals surface area contributed by atoms with Crippen LogP contribution in [0.3, 0.4) is 0 Å². The van der Waals surface area contributed by atoms with Crippen molar-refractivity contribution in [3.05, 3.63) is 24.0 Å². The molecule has 72 valence electrons. The molecule has 1 heterocycles. The summed E-state index contributed by atoms with van der Waals surface area (Å²) in [6, 6.07) is 1.80. The number of aromatic nitrogens is 1. The molecule has 3 heteroatoms. The van der Waals surface area contributed by atoms with Gasteiger partial charge in [-0.3, -0.25) is 4.98 Å². The smallest absolute Gasteiger partial charge is 0.137 e. The Bertz CT molecular complexity index is 278. The van der Waals surface area contributed by atoms with Crippen LogP contribution in [-0.2, 0) is 5.60 Å². The second-order valence-corrected chi connectivity index (χ2v) is 3.40. The van der Waals surface area contributed by atoms with Gasteiger partial charge in [0.15, 0.2) is 0 Å². The van der Waals surface area contributed by atoms with Gasteiger partial charge in [0.25, 0.3) is 0 Å². The molecule has 0 aliphatic carbocycles. The zero-order chi connectivity index (χ0) is 9.90. The molecule has 0 fully saturated rings. The average Bonchev–Trinajstić information content (AvgIpc) is 2.04. The van der Waals surface area contributed by atoms with Gasteiger partial charge in [-0.2, -0.15) is 0 Å². The number of ether oxygens (including phenoxy) is 1. The van der Waals surface area contributed by atoms with Crippen molar-refractivity contribution < 1.29 is 9.84 Å². The first-order valence-corrected chi connectivity index (χ1v) is 4.34. The minimum absolute atomic E-state index is 0.608. The molecule has 0 spiro atoms. The molecule has 1 aromatic heterocycles. The highest BCUT2D eigenvalue weighted by atomic mass is 16.5. The highest BCUT2D eigenvalue weighted by Crippen LogP contribution is 2.22. The number of pyridine rings is 1. The molecule has 3 nitrogen and oxygen atoms in total. The van der Waals surface area contributed by atoms with E-state index in [1.165, 1.54) is 0 Å². The lowest BCUT2D eigenvalue weighted by Gasteiger charge is -2.17. The first kappa shape index (κ1) is 9.99. The summed E-state index contributed by atoms with van der Waals surface area (Å²) in [6.07, 6.45) is 3.28. The highest BCUT2D eigenvalue weighted by Gasteiger charge is 2.16. The van der Waals surface area contributed by atoms with E-state index in [1.807, 2.05) is 6.92 Å². The third-order valence-corrected chi connectivity index (χ3v) is 1.73. The largest absolute Gasteiger partial charge is 0.492 e. The van der Waals surface area contributed by atoms with Crippen molar-refractivity contribution in [3.8, 4) is 5.75 Å². The lowest BCUT2D eigenvalue weighted by molar-refractivity contribution is 0.0778. The van der Waals surface area contributed by atoms with Crippen molar-refractivity contribution in [2.75, 3.05) is 6.61 Å². The van der Waals surface area contributed by atoms with E-state index in [0.717, 1.165) is 5.56 Å². The Morgan fingerprint density at radius 3 is 2.69 bits per heavy atom. The molecule has 1 N–H and O–H groups in total. The Kier molecular flexibility index (Phi) is 2.88. The molecule has 0 amide bonds. The predicted molar refractivity (Wildman–Crippen MR) is 50.7 cm³/mol. The molecule has 0 bridgehead atoms. The van der Waals surface area contributed by atoms with Crippen LogP contribution in [0.5, 0.6) is 5.75 Å². The lowest BCUT2D eigenvalue weighted by atomic mass is 10.0. The highest BCUT2D eigenvalue weighted by molar-refractivity contribution is 5.26. The van der Waals surface area contributed by atoms with E-state index < -0.39 is 5.60 Å². The summed E-state index contributed by atoms with van der Waals surface area (Å²) in [5.41, 5.74) is -0.0985. The normalized spacial score (nSPS) is 11.4. The van der Waals surface area contributed by atoms with Crippen LogP contribution < -0.4 is 4.74 Å². The van der Waals surface area contributed by atoms with Crippen LogP contribution >= 0.6 is 0 Å². The third kappa shape index (κ3) is 2.70. The molecule has 0 saturated carbocycles. The van der Waals surface area contributed by atoms with Crippen molar-refractivity contribution in [1.29, 1.82) is 0 Å². The van der Waals surface area contributed by atoms with Gasteiger partial charge in [0, 0.05) is 11.8 Å². The molecule has 1 aromatic rings. The van der Waals surface area contributed by atoms with Gasteiger partial charge in [-0.1, -0.05) is 0 Å². The van der Waals surface area contributed by atoms with Crippen LogP contribution in [0.2, 0.25) is 0 Å². The zero-order valence-electron chi connectivity index (χ0n) is 8.24. The van der Waals surface area contributed by atoms with Crippen LogP contribution in [0.25, 0.3) is 0 Å². The van der Waals surface area contributed by atoms with E-state index in [1.54, 1.807) is 32.3 Å². The van der Waals surface area contributed by atoms with Crippen molar-refractivity contribution in [1.82, 2.24) is 4.98 Å². The van der Waals surface area contributed by atoms with Gasteiger partial charge < -0.3 is 9.84 Å². The minimum atomic E-state index is -0.861. The Balaban J connectivity index is 2.92. The maximum atomic E-state index is 9.69. The summed E-state index contributed by atoms with van der Waals surface area (Å²) in [5.74, 6) is 0.696. The number of hydrogen-bond donors (Lipinski definition) is 1. The molecule has 0 atom stereocenters. The number of nitrogens with zero attached hydrogens (tertiary/aromatic N) is 1. The molecule has 0 saturated heterocycles. The van der Waals surface area contributed by atoms with Crippen molar-refractivity contribution in [2.24, 2.45) is 0 Å². The molecule has 0 radical (unpaired) electrons. The second kappa shape index (κ2) is 3.75. The fraction of sp³-hybridized carbons (Fsp3) is 0.500. The van der Waals surface area contributed by atoms with Crippen LogP contribution in [0.1, 0.15) is 26.3 Å². The van der Waals surface area contributed by atoms with E-state index in [-0.39, 0.29) is 0 Å². The topological polar surface area (TPSA) is 42.4 Å². The van der Waals surface area contributed by atoms with Crippen molar-refractivity contribution in [2.45, 2.75) is 26.4 Å². The molecule has 0 aliphatic heterocycles. The van der Waals surface area contributed by atoms with E-state index in [9.17, 15) is 5.11 Å². The van der Waals surface area contributed by atoms with E-state index in [0.29, 0.717) is 12.4 Å². The summed E-state index contributed by atoms with van der Waals surface area (Å²) in [7, 11) is 0. The van der Waals surface area contributed by atoms with Gasteiger partial charge in [-0.05, 0) is 26.8 Å².